The predicted molar refractivity (Wildman–Crippen MR) is 97.7 cm³/mol. The first-order chi connectivity index (χ1) is 9.06. The van der Waals surface area contributed by atoms with Crippen LogP contribution in [0.15, 0.2) is 42.5 Å². The Morgan fingerprint density at radius 1 is 1.05 bits per heavy atom. The molecule has 0 aliphatic heterocycles. The van der Waals surface area contributed by atoms with Crippen LogP contribution < -0.4 is 5.32 Å². The molecule has 0 bridgehead atoms. The van der Waals surface area contributed by atoms with Gasteiger partial charge in [-0.05, 0) is 79.0 Å². The van der Waals surface area contributed by atoms with Crippen LogP contribution in [0.25, 0.3) is 0 Å². The highest BCUT2D eigenvalue weighted by Gasteiger charge is 2.06. The lowest BCUT2D eigenvalue weighted by Gasteiger charge is -2.17. The minimum atomic E-state index is 0. The van der Waals surface area contributed by atoms with Crippen molar-refractivity contribution in [2.75, 3.05) is 19.4 Å². The van der Waals surface area contributed by atoms with Crippen LogP contribution in [0.2, 0.25) is 0 Å². The second-order valence-electron chi connectivity index (χ2n) is 4.98. The lowest BCUT2D eigenvalue weighted by atomic mass is 10.1. The highest BCUT2D eigenvalue weighted by Crippen LogP contribution is 2.25. The van der Waals surface area contributed by atoms with Crippen molar-refractivity contribution in [2.45, 2.75) is 20.9 Å². The molecule has 0 saturated carbocycles. The van der Waals surface area contributed by atoms with Crippen molar-refractivity contribution in [3.63, 3.8) is 0 Å². The maximum Gasteiger partial charge on any atom is 0.0430 e. The Balaban J connectivity index is 0.00000200. The van der Waals surface area contributed by atoms with E-state index in [4.69, 9.17) is 0 Å². The molecule has 2 nitrogen and oxygen atoms in total. The van der Waals surface area contributed by atoms with E-state index >= 15 is 0 Å². The Hall–Kier alpha value is -1.07. The summed E-state index contributed by atoms with van der Waals surface area (Å²) >= 11 is 2.36. The lowest BCUT2D eigenvalue weighted by molar-refractivity contribution is 0.403. The Morgan fingerprint density at radius 3 is 2.40 bits per heavy atom. The van der Waals surface area contributed by atoms with Gasteiger partial charge in [0.1, 0.15) is 0 Å². The Morgan fingerprint density at radius 2 is 1.75 bits per heavy atom. The van der Waals surface area contributed by atoms with Crippen molar-refractivity contribution in [1.29, 1.82) is 0 Å². The fourth-order valence-electron chi connectivity index (χ4n) is 2.01. The van der Waals surface area contributed by atoms with Gasteiger partial charge in [-0.15, -0.1) is 0 Å². The van der Waals surface area contributed by atoms with Crippen molar-refractivity contribution >= 4 is 34.0 Å². The van der Waals surface area contributed by atoms with E-state index in [1.54, 1.807) is 0 Å². The van der Waals surface area contributed by atoms with E-state index in [0.29, 0.717) is 0 Å². The summed E-state index contributed by atoms with van der Waals surface area (Å²) in [4.78, 5) is 2.19. The van der Waals surface area contributed by atoms with Crippen molar-refractivity contribution in [3.8, 4) is 0 Å². The molecule has 20 heavy (non-hydrogen) atoms. The number of aryl methyl sites for hydroxylation is 1. The molecular weight excluding hydrogens is 359 g/mol. The summed E-state index contributed by atoms with van der Waals surface area (Å²) in [7, 11) is 4.19. The van der Waals surface area contributed by atoms with E-state index in [1.807, 2.05) is 0 Å². The standard InChI is InChI=1S/C16H19IN2.CH4/c1-12-6-4-5-7-15(12)18-16-9-8-14(17)10-13(16)11-19(2)3;/h4-10,18H,11H2,1-3H3;1H4. The van der Waals surface area contributed by atoms with Gasteiger partial charge in [0.05, 0.1) is 0 Å². The van der Waals surface area contributed by atoms with Crippen LogP contribution in [0, 0.1) is 10.5 Å². The summed E-state index contributed by atoms with van der Waals surface area (Å²) in [5, 5.41) is 3.54. The van der Waals surface area contributed by atoms with Gasteiger partial charge < -0.3 is 10.2 Å². The molecule has 0 fully saturated rings. The monoisotopic (exact) mass is 382 g/mol. The normalized spacial score (nSPS) is 10.2. The number of halogens is 1. The van der Waals surface area contributed by atoms with Gasteiger partial charge in [0.25, 0.3) is 0 Å². The third kappa shape index (κ3) is 4.49. The molecular formula is C17H23IN2. The first-order valence-electron chi connectivity index (χ1n) is 6.32. The molecule has 0 saturated heterocycles. The van der Waals surface area contributed by atoms with Crippen molar-refractivity contribution in [1.82, 2.24) is 4.90 Å². The fraction of sp³-hybridized carbons (Fsp3) is 0.294. The predicted octanol–water partition coefficient (Wildman–Crippen LogP) is 5.04. The van der Waals surface area contributed by atoms with E-state index < -0.39 is 0 Å². The van der Waals surface area contributed by atoms with Gasteiger partial charge in [0.2, 0.25) is 0 Å². The summed E-state index contributed by atoms with van der Waals surface area (Å²) in [6.07, 6.45) is 0. The summed E-state index contributed by atoms with van der Waals surface area (Å²) < 4.78 is 1.27. The number of nitrogens with zero attached hydrogens (tertiary/aromatic N) is 1. The molecule has 0 heterocycles. The molecule has 3 heteroatoms. The average Bonchev–Trinajstić information content (AvgIpc) is 2.34. The van der Waals surface area contributed by atoms with Crippen molar-refractivity contribution in [2.24, 2.45) is 0 Å². The van der Waals surface area contributed by atoms with Gasteiger partial charge in [-0.3, -0.25) is 0 Å². The van der Waals surface area contributed by atoms with Gasteiger partial charge in [0, 0.05) is 21.5 Å². The van der Waals surface area contributed by atoms with Crippen LogP contribution >= 0.6 is 22.6 Å². The van der Waals surface area contributed by atoms with Crippen LogP contribution in [-0.4, -0.2) is 19.0 Å². The second-order valence-corrected chi connectivity index (χ2v) is 6.22. The highest BCUT2D eigenvalue weighted by atomic mass is 127. The minimum Gasteiger partial charge on any atom is -0.355 e. The molecule has 0 amide bonds. The van der Waals surface area contributed by atoms with Crippen LogP contribution in [0.3, 0.4) is 0 Å². The summed E-state index contributed by atoms with van der Waals surface area (Å²) in [5.74, 6) is 0. The van der Waals surface area contributed by atoms with Crippen LogP contribution in [0.5, 0.6) is 0 Å². The molecule has 0 radical (unpaired) electrons. The van der Waals surface area contributed by atoms with Crippen LogP contribution in [-0.2, 0) is 6.54 Å². The van der Waals surface area contributed by atoms with E-state index in [0.717, 1.165) is 6.54 Å². The molecule has 2 aromatic carbocycles. The van der Waals surface area contributed by atoms with E-state index in [9.17, 15) is 0 Å². The molecule has 0 aromatic heterocycles. The highest BCUT2D eigenvalue weighted by molar-refractivity contribution is 14.1. The number of rotatable bonds is 4. The average molecular weight is 382 g/mol. The SMILES string of the molecule is C.Cc1ccccc1Nc1ccc(I)cc1CN(C)C. The number of anilines is 2. The summed E-state index contributed by atoms with van der Waals surface area (Å²) in [6, 6.07) is 14.9. The number of hydrogen-bond donors (Lipinski definition) is 1. The summed E-state index contributed by atoms with van der Waals surface area (Å²) in [6.45, 7) is 3.06. The maximum absolute atomic E-state index is 3.54. The molecule has 0 unspecified atom stereocenters. The fourth-order valence-corrected chi connectivity index (χ4v) is 2.57. The Bertz CT molecular complexity index is 565. The van der Waals surface area contributed by atoms with Crippen molar-refractivity contribution < 1.29 is 0 Å². The quantitative estimate of drug-likeness (QED) is 0.746. The Kier molecular flexibility index (Phi) is 6.49. The van der Waals surface area contributed by atoms with E-state index in [2.05, 4.69) is 96.3 Å². The van der Waals surface area contributed by atoms with Crippen LogP contribution in [0.1, 0.15) is 18.6 Å². The topological polar surface area (TPSA) is 15.3 Å². The zero-order valence-corrected chi connectivity index (χ0v) is 13.7. The third-order valence-corrected chi connectivity index (χ3v) is 3.64. The maximum atomic E-state index is 3.54. The number of nitrogens with one attached hydrogen (secondary N) is 1. The summed E-state index contributed by atoms with van der Waals surface area (Å²) in [5.41, 5.74) is 4.93. The first-order valence-corrected chi connectivity index (χ1v) is 7.40. The molecule has 0 aliphatic rings. The van der Waals surface area contributed by atoms with Gasteiger partial charge in [-0.2, -0.15) is 0 Å². The van der Waals surface area contributed by atoms with E-state index in [1.165, 1.54) is 26.1 Å². The van der Waals surface area contributed by atoms with Crippen LogP contribution in [0.4, 0.5) is 11.4 Å². The smallest absolute Gasteiger partial charge is 0.0430 e. The molecule has 0 spiro atoms. The first kappa shape index (κ1) is 17.0. The van der Waals surface area contributed by atoms with Gasteiger partial charge in [-0.25, -0.2) is 0 Å². The lowest BCUT2D eigenvalue weighted by Crippen LogP contribution is -2.12. The van der Waals surface area contributed by atoms with Crippen molar-refractivity contribution in [3.05, 3.63) is 57.2 Å². The van der Waals surface area contributed by atoms with Gasteiger partial charge in [-0.1, -0.05) is 25.6 Å². The zero-order chi connectivity index (χ0) is 13.8. The van der Waals surface area contributed by atoms with E-state index in [-0.39, 0.29) is 7.43 Å². The zero-order valence-electron chi connectivity index (χ0n) is 11.6. The minimum absolute atomic E-state index is 0. The number of para-hydroxylation sites is 1. The molecule has 108 valence electrons. The molecule has 2 rings (SSSR count). The number of benzene rings is 2. The van der Waals surface area contributed by atoms with Gasteiger partial charge >= 0.3 is 0 Å². The largest absolute Gasteiger partial charge is 0.355 e. The third-order valence-electron chi connectivity index (χ3n) is 2.97. The Labute approximate surface area is 136 Å². The van der Waals surface area contributed by atoms with Gasteiger partial charge in [0.15, 0.2) is 0 Å². The second kappa shape index (κ2) is 7.64. The molecule has 0 atom stereocenters. The molecule has 2 aromatic rings. The number of hydrogen-bond acceptors (Lipinski definition) is 2. The molecule has 1 N–H and O–H groups in total. The molecule has 0 aliphatic carbocycles.